The van der Waals surface area contributed by atoms with Gasteiger partial charge in [0.25, 0.3) is 5.91 Å². The first-order chi connectivity index (χ1) is 9.06. The Morgan fingerprint density at radius 3 is 2.37 bits per heavy atom. The van der Waals surface area contributed by atoms with Crippen molar-refractivity contribution in [1.82, 2.24) is 15.5 Å². The Morgan fingerprint density at radius 2 is 1.74 bits per heavy atom. The van der Waals surface area contributed by atoms with Crippen LogP contribution >= 0.6 is 0 Å². The van der Waals surface area contributed by atoms with Gasteiger partial charge < -0.3 is 15.5 Å². The minimum atomic E-state index is -0.164. The number of aryl methyl sites for hydroxylation is 1. The maximum Gasteiger partial charge on any atom is 0.316 e. The molecule has 5 nitrogen and oxygen atoms in total. The van der Waals surface area contributed by atoms with E-state index >= 15 is 0 Å². The second kappa shape index (κ2) is 7.41. The normalized spacial score (nSPS) is 9.84. The molecule has 0 saturated carbocycles. The summed E-state index contributed by atoms with van der Waals surface area (Å²) >= 11 is 0. The van der Waals surface area contributed by atoms with Crippen LogP contribution in [0.15, 0.2) is 24.3 Å². The van der Waals surface area contributed by atoms with E-state index in [1.807, 2.05) is 31.2 Å². The topological polar surface area (TPSA) is 61.4 Å². The van der Waals surface area contributed by atoms with E-state index in [1.54, 1.807) is 14.1 Å². The molecule has 0 unspecified atom stereocenters. The Labute approximate surface area is 114 Å². The van der Waals surface area contributed by atoms with Gasteiger partial charge in [-0.15, -0.1) is 0 Å². The van der Waals surface area contributed by atoms with Gasteiger partial charge in [-0.2, -0.15) is 0 Å². The summed E-state index contributed by atoms with van der Waals surface area (Å²) in [4.78, 5) is 24.7. The summed E-state index contributed by atoms with van der Waals surface area (Å²) in [6, 6.07) is 7.37. The molecule has 0 atom stereocenters. The van der Waals surface area contributed by atoms with Gasteiger partial charge in [0.2, 0.25) is 0 Å². The molecule has 1 aromatic rings. The molecule has 0 aliphatic rings. The SMILES string of the molecule is CCc1ccccc1C(=O)NCCNC(=O)N(C)C. The first kappa shape index (κ1) is 15.0. The molecule has 0 aliphatic carbocycles. The fourth-order valence-electron chi connectivity index (χ4n) is 1.65. The van der Waals surface area contributed by atoms with Crippen molar-refractivity contribution >= 4 is 11.9 Å². The third-order valence-electron chi connectivity index (χ3n) is 2.74. The van der Waals surface area contributed by atoms with E-state index in [0.717, 1.165) is 12.0 Å². The molecule has 0 aliphatic heterocycles. The van der Waals surface area contributed by atoms with Crippen molar-refractivity contribution in [2.45, 2.75) is 13.3 Å². The van der Waals surface area contributed by atoms with Crippen molar-refractivity contribution in [3.05, 3.63) is 35.4 Å². The van der Waals surface area contributed by atoms with Crippen molar-refractivity contribution in [2.24, 2.45) is 0 Å². The van der Waals surface area contributed by atoms with Crippen LogP contribution in [0.25, 0.3) is 0 Å². The number of nitrogens with zero attached hydrogens (tertiary/aromatic N) is 1. The lowest BCUT2D eigenvalue weighted by atomic mass is 10.0. The fourth-order valence-corrected chi connectivity index (χ4v) is 1.65. The first-order valence-electron chi connectivity index (χ1n) is 6.37. The van der Waals surface area contributed by atoms with Crippen LogP contribution in [-0.2, 0) is 6.42 Å². The predicted octanol–water partition coefficient (Wildman–Crippen LogP) is 1.25. The molecule has 1 aromatic carbocycles. The molecule has 0 saturated heterocycles. The largest absolute Gasteiger partial charge is 0.350 e. The number of nitrogens with one attached hydrogen (secondary N) is 2. The Kier molecular flexibility index (Phi) is 5.85. The molecule has 5 heteroatoms. The average molecular weight is 263 g/mol. The van der Waals surface area contributed by atoms with Gasteiger partial charge in [0.05, 0.1) is 0 Å². The van der Waals surface area contributed by atoms with Crippen LogP contribution in [0.2, 0.25) is 0 Å². The Bertz CT molecular complexity index is 444. The van der Waals surface area contributed by atoms with Gasteiger partial charge in [0, 0.05) is 32.7 Å². The summed E-state index contributed by atoms with van der Waals surface area (Å²) in [5.74, 6) is -0.100. The molecule has 1 rings (SSSR count). The van der Waals surface area contributed by atoms with Crippen LogP contribution in [-0.4, -0.2) is 44.0 Å². The van der Waals surface area contributed by atoms with E-state index in [2.05, 4.69) is 10.6 Å². The lowest BCUT2D eigenvalue weighted by Crippen LogP contribution is -2.39. The van der Waals surface area contributed by atoms with Gasteiger partial charge in [-0.1, -0.05) is 25.1 Å². The smallest absolute Gasteiger partial charge is 0.316 e. The Balaban J connectivity index is 2.41. The van der Waals surface area contributed by atoms with Crippen LogP contribution in [0.3, 0.4) is 0 Å². The highest BCUT2D eigenvalue weighted by atomic mass is 16.2. The number of carbonyl (C=O) groups excluding carboxylic acids is 2. The van der Waals surface area contributed by atoms with Crippen molar-refractivity contribution in [2.75, 3.05) is 27.2 Å². The zero-order valence-corrected chi connectivity index (χ0v) is 11.7. The summed E-state index contributed by atoms with van der Waals surface area (Å²) in [6.45, 7) is 2.84. The van der Waals surface area contributed by atoms with Crippen molar-refractivity contribution in [3.8, 4) is 0 Å². The predicted molar refractivity (Wildman–Crippen MR) is 75.2 cm³/mol. The second-order valence-electron chi connectivity index (χ2n) is 4.39. The summed E-state index contributed by atoms with van der Waals surface area (Å²) in [5.41, 5.74) is 1.72. The van der Waals surface area contributed by atoms with E-state index in [9.17, 15) is 9.59 Å². The highest BCUT2D eigenvalue weighted by Gasteiger charge is 2.09. The number of carbonyl (C=O) groups is 2. The van der Waals surface area contributed by atoms with Crippen LogP contribution in [0, 0.1) is 0 Å². The molecule has 0 radical (unpaired) electrons. The number of urea groups is 1. The molecule has 0 fully saturated rings. The minimum Gasteiger partial charge on any atom is -0.350 e. The van der Waals surface area contributed by atoms with E-state index in [4.69, 9.17) is 0 Å². The number of amides is 3. The molecule has 19 heavy (non-hydrogen) atoms. The lowest BCUT2D eigenvalue weighted by molar-refractivity contribution is 0.0952. The molecule has 0 aromatic heterocycles. The Morgan fingerprint density at radius 1 is 1.11 bits per heavy atom. The van der Waals surface area contributed by atoms with Crippen LogP contribution < -0.4 is 10.6 Å². The minimum absolute atomic E-state index is 0.100. The summed E-state index contributed by atoms with van der Waals surface area (Å²) < 4.78 is 0. The average Bonchev–Trinajstić information content (AvgIpc) is 2.42. The van der Waals surface area contributed by atoms with E-state index in [0.29, 0.717) is 18.7 Å². The van der Waals surface area contributed by atoms with Crippen molar-refractivity contribution < 1.29 is 9.59 Å². The maximum absolute atomic E-state index is 12.0. The highest BCUT2D eigenvalue weighted by Crippen LogP contribution is 2.08. The van der Waals surface area contributed by atoms with Crippen LogP contribution in [0.1, 0.15) is 22.8 Å². The maximum atomic E-state index is 12.0. The summed E-state index contributed by atoms with van der Waals surface area (Å²) in [5, 5.41) is 5.49. The quantitative estimate of drug-likeness (QED) is 0.785. The van der Waals surface area contributed by atoms with Crippen LogP contribution in [0.5, 0.6) is 0 Å². The molecular weight excluding hydrogens is 242 g/mol. The second-order valence-corrected chi connectivity index (χ2v) is 4.39. The van der Waals surface area contributed by atoms with Gasteiger partial charge in [0.1, 0.15) is 0 Å². The van der Waals surface area contributed by atoms with E-state index < -0.39 is 0 Å². The molecule has 0 spiro atoms. The number of hydrogen-bond donors (Lipinski definition) is 2. The summed E-state index contributed by atoms with van der Waals surface area (Å²) in [6.07, 6.45) is 0.820. The standard InChI is InChI=1S/C14H21N3O2/c1-4-11-7-5-6-8-12(11)13(18)15-9-10-16-14(19)17(2)3/h5-8H,4,9-10H2,1-3H3,(H,15,18)(H,16,19). The first-order valence-corrected chi connectivity index (χ1v) is 6.37. The Hall–Kier alpha value is -2.04. The van der Waals surface area contributed by atoms with Gasteiger partial charge in [-0.05, 0) is 18.1 Å². The molecule has 2 N–H and O–H groups in total. The molecule has 0 heterocycles. The number of benzene rings is 1. The molecular formula is C14H21N3O2. The van der Waals surface area contributed by atoms with Crippen molar-refractivity contribution in [3.63, 3.8) is 0 Å². The molecule has 104 valence electrons. The fraction of sp³-hybridized carbons (Fsp3) is 0.429. The van der Waals surface area contributed by atoms with Gasteiger partial charge in [-0.3, -0.25) is 4.79 Å². The highest BCUT2D eigenvalue weighted by molar-refractivity contribution is 5.95. The molecule has 0 bridgehead atoms. The zero-order chi connectivity index (χ0) is 14.3. The van der Waals surface area contributed by atoms with Crippen molar-refractivity contribution in [1.29, 1.82) is 0 Å². The third kappa shape index (κ3) is 4.62. The van der Waals surface area contributed by atoms with E-state index in [-0.39, 0.29) is 11.9 Å². The third-order valence-corrected chi connectivity index (χ3v) is 2.74. The van der Waals surface area contributed by atoms with Gasteiger partial charge in [-0.25, -0.2) is 4.79 Å². The number of rotatable bonds is 5. The monoisotopic (exact) mass is 263 g/mol. The van der Waals surface area contributed by atoms with Gasteiger partial charge >= 0.3 is 6.03 Å². The molecule has 3 amide bonds. The lowest BCUT2D eigenvalue weighted by Gasteiger charge is -2.12. The number of hydrogen-bond acceptors (Lipinski definition) is 2. The van der Waals surface area contributed by atoms with Gasteiger partial charge in [0.15, 0.2) is 0 Å². The van der Waals surface area contributed by atoms with Crippen LogP contribution in [0.4, 0.5) is 4.79 Å². The zero-order valence-electron chi connectivity index (χ0n) is 11.7. The summed E-state index contributed by atoms with van der Waals surface area (Å²) in [7, 11) is 3.34. The van der Waals surface area contributed by atoms with E-state index in [1.165, 1.54) is 4.90 Å².